The maximum absolute atomic E-state index is 12.2. The molecule has 4 atom stereocenters. The van der Waals surface area contributed by atoms with E-state index in [1.807, 2.05) is 0 Å². The molecule has 0 heterocycles. The number of aliphatic carboxylic acids is 1. The zero-order chi connectivity index (χ0) is 14.3. The van der Waals surface area contributed by atoms with Crippen LogP contribution < -0.4 is 10.6 Å². The Kier molecular flexibility index (Phi) is 3.38. The summed E-state index contributed by atoms with van der Waals surface area (Å²) >= 11 is 0. The van der Waals surface area contributed by atoms with Crippen molar-refractivity contribution in [3.05, 3.63) is 0 Å². The molecule has 3 aliphatic carbocycles. The summed E-state index contributed by atoms with van der Waals surface area (Å²) in [6, 6.07) is -0.351. The van der Waals surface area contributed by atoms with Gasteiger partial charge in [0, 0.05) is 11.6 Å². The Hall–Kier alpha value is -1.26. The van der Waals surface area contributed by atoms with Crippen LogP contribution in [-0.2, 0) is 4.79 Å². The SMILES string of the molecule is CCC1(NC(=O)NC2C3CCC(C3)C2C(=O)O)CCC1. The van der Waals surface area contributed by atoms with Crippen LogP contribution in [0.2, 0.25) is 0 Å². The van der Waals surface area contributed by atoms with Crippen LogP contribution in [0.1, 0.15) is 51.9 Å². The number of hydrogen-bond donors (Lipinski definition) is 3. The van der Waals surface area contributed by atoms with Crippen molar-refractivity contribution in [2.75, 3.05) is 0 Å². The first-order valence-electron chi connectivity index (χ1n) is 7.86. The molecular weight excluding hydrogens is 256 g/mol. The highest BCUT2D eigenvalue weighted by Gasteiger charge is 2.52. The predicted octanol–water partition coefficient (Wildman–Crippen LogP) is 2.12. The molecule has 0 aliphatic heterocycles. The normalized spacial score (nSPS) is 37.2. The molecule has 0 saturated heterocycles. The molecule has 3 fully saturated rings. The van der Waals surface area contributed by atoms with Gasteiger partial charge >= 0.3 is 12.0 Å². The number of nitrogens with one attached hydrogen (secondary N) is 2. The van der Waals surface area contributed by atoms with E-state index in [1.54, 1.807) is 0 Å². The summed E-state index contributed by atoms with van der Waals surface area (Å²) < 4.78 is 0. The molecule has 0 aromatic heterocycles. The lowest BCUT2D eigenvalue weighted by Crippen LogP contribution is -2.59. The minimum atomic E-state index is -0.753. The van der Waals surface area contributed by atoms with Crippen LogP contribution in [0.4, 0.5) is 4.79 Å². The van der Waals surface area contributed by atoms with Gasteiger partial charge in [-0.3, -0.25) is 4.79 Å². The van der Waals surface area contributed by atoms with Gasteiger partial charge in [0.05, 0.1) is 5.92 Å². The average molecular weight is 280 g/mol. The molecule has 5 heteroatoms. The van der Waals surface area contributed by atoms with Crippen molar-refractivity contribution < 1.29 is 14.7 Å². The van der Waals surface area contributed by atoms with Crippen molar-refractivity contribution >= 4 is 12.0 Å². The molecule has 0 radical (unpaired) electrons. The van der Waals surface area contributed by atoms with E-state index in [2.05, 4.69) is 17.6 Å². The second kappa shape index (κ2) is 4.93. The van der Waals surface area contributed by atoms with Gasteiger partial charge in [0.15, 0.2) is 0 Å². The number of carboxylic acid groups (broad SMARTS) is 1. The lowest BCUT2D eigenvalue weighted by Gasteiger charge is -2.42. The molecule has 2 bridgehead atoms. The number of rotatable bonds is 4. The number of urea groups is 1. The van der Waals surface area contributed by atoms with Gasteiger partial charge in [-0.25, -0.2) is 4.79 Å². The Morgan fingerprint density at radius 3 is 2.50 bits per heavy atom. The third kappa shape index (κ3) is 2.17. The summed E-state index contributed by atoms with van der Waals surface area (Å²) in [7, 11) is 0. The van der Waals surface area contributed by atoms with Gasteiger partial charge in [-0.15, -0.1) is 0 Å². The van der Waals surface area contributed by atoms with E-state index in [0.717, 1.165) is 38.5 Å². The van der Waals surface area contributed by atoms with E-state index in [4.69, 9.17) is 0 Å². The summed E-state index contributed by atoms with van der Waals surface area (Å²) in [6.45, 7) is 2.09. The predicted molar refractivity (Wildman–Crippen MR) is 74.3 cm³/mol. The molecule has 4 unspecified atom stereocenters. The monoisotopic (exact) mass is 280 g/mol. The summed E-state index contributed by atoms with van der Waals surface area (Å²) in [5.41, 5.74) is -0.0412. The number of carboxylic acids is 1. The van der Waals surface area contributed by atoms with Crippen molar-refractivity contribution in [3.8, 4) is 0 Å². The van der Waals surface area contributed by atoms with Crippen LogP contribution in [0.25, 0.3) is 0 Å². The number of carbonyl (C=O) groups is 2. The van der Waals surface area contributed by atoms with E-state index in [0.29, 0.717) is 5.92 Å². The molecule has 0 aromatic rings. The van der Waals surface area contributed by atoms with Crippen molar-refractivity contribution in [3.63, 3.8) is 0 Å². The standard InChI is InChI=1S/C15H24N2O3/c1-2-15(6-3-7-15)17-14(20)16-12-10-5-4-9(8-10)11(12)13(18)19/h9-12H,2-8H2,1H3,(H,18,19)(H2,16,17,20). The van der Waals surface area contributed by atoms with Gasteiger partial charge in [-0.05, 0) is 56.8 Å². The third-order valence-corrected chi connectivity index (χ3v) is 5.87. The largest absolute Gasteiger partial charge is 0.481 e. The molecule has 2 amide bonds. The van der Waals surface area contributed by atoms with Crippen LogP contribution in [0.3, 0.4) is 0 Å². The Morgan fingerprint density at radius 1 is 1.25 bits per heavy atom. The second-order valence-electron chi connectivity index (χ2n) is 6.81. The first-order valence-corrected chi connectivity index (χ1v) is 7.86. The van der Waals surface area contributed by atoms with Gasteiger partial charge in [0.25, 0.3) is 0 Å². The zero-order valence-electron chi connectivity index (χ0n) is 12.0. The average Bonchev–Trinajstić information content (AvgIpc) is 2.94. The van der Waals surface area contributed by atoms with Crippen LogP contribution in [0.15, 0.2) is 0 Å². The zero-order valence-corrected chi connectivity index (χ0v) is 12.0. The highest BCUT2D eigenvalue weighted by atomic mass is 16.4. The van der Waals surface area contributed by atoms with Gasteiger partial charge in [0.1, 0.15) is 0 Å². The van der Waals surface area contributed by atoms with E-state index >= 15 is 0 Å². The third-order valence-electron chi connectivity index (χ3n) is 5.87. The maximum Gasteiger partial charge on any atom is 0.315 e. The first kappa shape index (κ1) is 13.7. The molecule has 3 saturated carbocycles. The van der Waals surface area contributed by atoms with E-state index < -0.39 is 11.9 Å². The number of fused-ring (bicyclic) bond motifs is 2. The maximum atomic E-state index is 12.2. The number of carbonyl (C=O) groups excluding carboxylic acids is 1. The molecule has 3 aliphatic rings. The molecule has 0 spiro atoms. The van der Waals surface area contributed by atoms with Gasteiger partial charge in [-0.1, -0.05) is 6.92 Å². The smallest absolute Gasteiger partial charge is 0.315 e. The summed E-state index contributed by atoms with van der Waals surface area (Å²) in [4.78, 5) is 23.6. The van der Waals surface area contributed by atoms with Gasteiger partial charge < -0.3 is 15.7 Å². The molecule has 20 heavy (non-hydrogen) atoms. The molecule has 112 valence electrons. The van der Waals surface area contributed by atoms with Crippen LogP contribution in [0, 0.1) is 17.8 Å². The minimum absolute atomic E-state index is 0.0412. The number of amides is 2. The topological polar surface area (TPSA) is 78.4 Å². The number of hydrogen-bond acceptors (Lipinski definition) is 2. The molecule has 0 aromatic carbocycles. The van der Waals surface area contributed by atoms with Crippen molar-refractivity contribution in [2.45, 2.75) is 63.5 Å². The minimum Gasteiger partial charge on any atom is -0.481 e. The van der Waals surface area contributed by atoms with Crippen LogP contribution >= 0.6 is 0 Å². The Morgan fingerprint density at radius 2 is 1.95 bits per heavy atom. The van der Waals surface area contributed by atoms with E-state index in [-0.39, 0.29) is 23.5 Å². The van der Waals surface area contributed by atoms with Crippen molar-refractivity contribution in [1.29, 1.82) is 0 Å². The lowest BCUT2D eigenvalue weighted by atomic mass is 9.75. The van der Waals surface area contributed by atoms with Crippen molar-refractivity contribution in [2.24, 2.45) is 17.8 Å². The fourth-order valence-electron chi connectivity index (χ4n) is 4.45. The highest BCUT2D eigenvalue weighted by molar-refractivity contribution is 5.78. The molecular formula is C15H24N2O3. The Labute approximate surface area is 119 Å². The summed E-state index contributed by atoms with van der Waals surface area (Å²) in [5, 5.41) is 15.4. The lowest BCUT2D eigenvalue weighted by molar-refractivity contribution is -0.144. The highest BCUT2D eigenvalue weighted by Crippen LogP contribution is 2.48. The van der Waals surface area contributed by atoms with Gasteiger partial charge in [-0.2, -0.15) is 0 Å². The fraction of sp³-hybridized carbons (Fsp3) is 0.867. The quantitative estimate of drug-likeness (QED) is 0.738. The van der Waals surface area contributed by atoms with E-state index in [9.17, 15) is 14.7 Å². The summed E-state index contributed by atoms with van der Waals surface area (Å²) in [5.74, 6) is -0.535. The van der Waals surface area contributed by atoms with Crippen molar-refractivity contribution in [1.82, 2.24) is 10.6 Å². The molecule has 3 N–H and O–H groups in total. The molecule has 3 rings (SSSR count). The second-order valence-corrected chi connectivity index (χ2v) is 6.81. The van der Waals surface area contributed by atoms with E-state index in [1.165, 1.54) is 6.42 Å². The Balaban J connectivity index is 1.62. The van der Waals surface area contributed by atoms with Gasteiger partial charge in [0.2, 0.25) is 0 Å². The van der Waals surface area contributed by atoms with Crippen LogP contribution in [-0.4, -0.2) is 28.7 Å². The van der Waals surface area contributed by atoms with Crippen LogP contribution in [0.5, 0.6) is 0 Å². The Bertz CT molecular complexity index is 414. The molecule has 5 nitrogen and oxygen atoms in total. The fourth-order valence-corrected chi connectivity index (χ4v) is 4.45. The first-order chi connectivity index (χ1) is 9.54. The summed E-state index contributed by atoms with van der Waals surface area (Å²) in [6.07, 6.45) is 7.20.